The fraction of sp³-hybridized carbons (Fsp3) is 0.500. The zero-order valence-corrected chi connectivity index (χ0v) is 11.1. The van der Waals surface area contributed by atoms with Crippen LogP contribution < -0.4 is 5.73 Å². The Balaban J connectivity index is 2.42. The van der Waals surface area contributed by atoms with Crippen molar-refractivity contribution in [3.8, 4) is 0 Å². The Morgan fingerprint density at radius 3 is 2.65 bits per heavy atom. The van der Waals surface area contributed by atoms with E-state index in [0.29, 0.717) is 5.96 Å². The van der Waals surface area contributed by atoms with Crippen molar-refractivity contribution in [1.82, 2.24) is 4.90 Å². The summed E-state index contributed by atoms with van der Waals surface area (Å²) < 4.78 is 0. The van der Waals surface area contributed by atoms with E-state index >= 15 is 0 Å². The van der Waals surface area contributed by atoms with Gasteiger partial charge < -0.3 is 10.6 Å². The lowest BCUT2D eigenvalue weighted by atomic mass is 9.89. The molecule has 3 heteroatoms. The molecule has 0 saturated heterocycles. The summed E-state index contributed by atoms with van der Waals surface area (Å²) in [6.45, 7) is 10.3. The summed E-state index contributed by atoms with van der Waals surface area (Å²) in [4.78, 5) is 6.57. The first kappa shape index (κ1) is 12.0. The lowest BCUT2D eigenvalue weighted by Gasteiger charge is -2.36. The number of rotatable bonds is 2. The smallest absolute Gasteiger partial charge is 0.192 e. The molecule has 0 aliphatic carbocycles. The Labute approximate surface area is 103 Å². The van der Waals surface area contributed by atoms with Crippen molar-refractivity contribution >= 4 is 5.96 Å². The molecule has 1 aromatic carbocycles. The lowest BCUT2D eigenvalue weighted by Crippen LogP contribution is -2.47. The van der Waals surface area contributed by atoms with Crippen LogP contribution in [0.4, 0.5) is 0 Å². The van der Waals surface area contributed by atoms with E-state index in [-0.39, 0.29) is 5.54 Å². The highest BCUT2D eigenvalue weighted by Crippen LogP contribution is 2.33. The second-order valence-electron chi connectivity index (χ2n) is 4.99. The van der Waals surface area contributed by atoms with Gasteiger partial charge in [-0.15, -0.1) is 0 Å². The summed E-state index contributed by atoms with van der Waals surface area (Å²) in [7, 11) is 0. The van der Waals surface area contributed by atoms with Crippen LogP contribution in [0.25, 0.3) is 0 Å². The number of nitrogens with two attached hydrogens (primary N) is 1. The van der Waals surface area contributed by atoms with Crippen molar-refractivity contribution in [1.29, 1.82) is 0 Å². The van der Waals surface area contributed by atoms with E-state index in [1.807, 2.05) is 0 Å². The van der Waals surface area contributed by atoms with Gasteiger partial charge in [0.15, 0.2) is 5.96 Å². The number of hydrogen-bond donors (Lipinski definition) is 1. The first-order valence-electron chi connectivity index (χ1n) is 6.14. The number of likely N-dealkylation sites (N-methyl/N-ethyl adjacent to an activating group) is 1. The minimum Gasteiger partial charge on any atom is -0.370 e. The van der Waals surface area contributed by atoms with Gasteiger partial charge in [0.2, 0.25) is 0 Å². The monoisotopic (exact) mass is 231 g/mol. The van der Waals surface area contributed by atoms with E-state index in [9.17, 15) is 0 Å². The molecule has 0 saturated carbocycles. The van der Waals surface area contributed by atoms with Gasteiger partial charge in [-0.2, -0.15) is 0 Å². The molecule has 3 nitrogen and oxygen atoms in total. The maximum atomic E-state index is 5.95. The van der Waals surface area contributed by atoms with Crippen molar-refractivity contribution in [2.45, 2.75) is 33.2 Å². The zero-order chi connectivity index (χ0) is 12.6. The molecular formula is C14H21N3. The average Bonchev–Trinajstić information content (AvgIpc) is 2.59. The topological polar surface area (TPSA) is 41.6 Å². The molecule has 1 unspecified atom stereocenters. The minimum absolute atomic E-state index is 0.0860. The quantitative estimate of drug-likeness (QED) is 0.847. The van der Waals surface area contributed by atoms with E-state index in [1.54, 1.807) is 0 Å². The summed E-state index contributed by atoms with van der Waals surface area (Å²) in [5.41, 5.74) is 9.81. The highest BCUT2D eigenvalue weighted by atomic mass is 15.3. The standard InChI is InChI=1S/C14H21N3/c1-5-17-13(15)16-9-14(17,4)12-7-6-10(2)11(3)8-12/h6-8H,5,9H2,1-4H3,(H2,15,16). The molecule has 1 aliphatic heterocycles. The Kier molecular flexibility index (Phi) is 2.86. The van der Waals surface area contributed by atoms with Crippen LogP contribution in [0.3, 0.4) is 0 Å². The molecule has 17 heavy (non-hydrogen) atoms. The van der Waals surface area contributed by atoms with Crippen LogP contribution in [-0.2, 0) is 5.54 Å². The minimum atomic E-state index is -0.0860. The molecule has 0 aromatic heterocycles. The number of hydrogen-bond acceptors (Lipinski definition) is 3. The SMILES string of the molecule is CCN1C(N)=NCC1(C)c1ccc(C)c(C)c1. The summed E-state index contributed by atoms with van der Waals surface area (Å²) in [6.07, 6.45) is 0. The number of guanidine groups is 1. The first-order valence-corrected chi connectivity index (χ1v) is 6.14. The van der Waals surface area contributed by atoms with E-state index in [2.05, 4.69) is 55.8 Å². The van der Waals surface area contributed by atoms with Gasteiger partial charge in [0.05, 0.1) is 12.1 Å². The molecular weight excluding hydrogens is 210 g/mol. The molecule has 1 aliphatic rings. The summed E-state index contributed by atoms with van der Waals surface area (Å²) in [5, 5.41) is 0. The highest BCUT2D eigenvalue weighted by molar-refractivity contribution is 5.81. The van der Waals surface area contributed by atoms with Crippen LogP contribution in [0.15, 0.2) is 23.2 Å². The second-order valence-corrected chi connectivity index (χ2v) is 4.99. The van der Waals surface area contributed by atoms with Crippen molar-refractivity contribution in [3.63, 3.8) is 0 Å². The fourth-order valence-corrected chi connectivity index (χ4v) is 2.49. The normalized spacial score (nSPS) is 24.0. The van der Waals surface area contributed by atoms with Crippen molar-refractivity contribution in [2.24, 2.45) is 10.7 Å². The van der Waals surface area contributed by atoms with Crippen LogP contribution >= 0.6 is 0 Å². The van der Waals surface area contributed by atoms with Gasteiger partial charge in [-0.05, 0) is 44.4 Å². The van der Waals surface area contributed by atoms with E-state index in [1.165, 1.54) is 16.7 Å². The number of nitrogens with zero attached hydrogens (tertiary/aromatic N) is 2. The molecule has 0 bridgehead atoms. The lowest BCUT2D eigenvalue weighted by molar-refractivity contribution is 0.235. The molecule has 0 spiro atoms. The molecule has 2 rings (SSSR count). The third kappa shape index (κ3) is 1.79. The predicted molar refractivity (Wildman–Crippen MR) is 72.1 cm³/mol. The van der Waals surface area contributed by atoms with Gasteiger partial charge >= 0.3 is 0 Å². The molecule has 1 aromatic rings. The Morgan fingerprint density at radius 2 is 2.06 bits per heavy atom. The average molecular weight is 231 g/mol. The number of benzene rings is 1. The van der Waals surface area contributed by atoms with Gasteiger partial charge in [0.25, 0.3) is 0 Å². The second kappa shape index (κ2) is 4.06. The highest BCUT2D eigenvalue weighted by Gasteiger charge is 2.38. The molecule has 2 N–H and O–H groups in total. The maximum Gasteiger partial charge on any atom is 0.192 e. The Bertz CT molecular complexity index is 465. The number of aliphatic imine (C=N–C) groups is 1. The first-order chi connectivity index (χ1) is 7.99. The van der Waals surface area contributed by atoms with Crippen LogP contribution in [0.2, 0.25) is 0 Å². The van der Waals surface area contributed by atoms with Gasteiger partial charge in [-0.1, -0.05) is 18.2 Å². The fourth-order valence-electron chi connectivity index (χ4n) is 2.49. The van der Waals surface area contributed by atoms with Crippen LogP contribution in [0.1, 0.15) is 30.5 Å². The predicted octanol–water partition coefficient (Wildman–Crippen LogP) is 2.17. The largest absolute Gasteiger partial charge is 0.370 e. The van der Waals surface area contributed by atoms with Gasteiger partial charge in [-0.3, -0.25) is 4.99 Å². The Morgan fingerprint density at radius 1 is 1.35 bits per heavy atom. The number of aryl methyl sites for hydroxylation is 2. The van der Waals surface area contributed by atoms with Gasteiger partial charge in [-0.25, -0.2) is 0 Å². The van der Waals surface area contributed by atoms with E-state index < -0.39 is 0 Å². The zero-order valence-electron chi connectivity index (χ0n) is 11.1. The van der Waals surface area contributed by atoms with E-state index in [4.69, 9.17) is 5.73 Å². The molecule has 0 radical (unpaired) electrons. The molecule has 92 valence electrons. The maximum absolute atomic E-state index is 5.95. The van der Waals surface area contributed by atoms with Gasteiger partial charge in [0, 0.05) is 6.54 Å². The molecule has 0 amide bonds. The third-order valence-corrected chi connectivity index (χ3v) is 3.87. The van der Waals surface area contributed by atoms with Crippen LogP contribution in [0, 0.1) is 13.8 Å². The summed E-state index contributed by atoms with van der Waals surface area (Å²) in [6, 6.07) is 6.63. The van der Waals surface area contributed by atoms with Gasteiger partial charge in [0.1, 0.15) is 0 Å². The van der Waals surface area contributed by atoms with Crippen LogP contribution in [-0.4, -0.2) is 23.9 Å². The van der Waals surface area contributed by atoms with Crippen LogP contribution in [0.5, 0.6) is 0 Å². The third-order valence-electron chi connectivity index (χ3n) is 3.87. The Hall–Kier alpha value is -1.51. The molecule has 1 atom stereocenters. The molecule has 0 fully saturated rings. The summed E-state index contributed by atoms with van der Waals surface area (Å²) in [5.74, 6) is 0.660. The van der Waals surface area contributed by atoms with E-state index in [0.717, 1.165) is 13.1 Å². The summed E-state index contributed by atoms with van der Waals surface area (Å²) >= 11 is 0. The van der Waals surface area contributed by atoms with Crippen molar-refractivity contribution in [2.75, 3.05) is 13.1 Å². The molecule has 1 heterocycles. The van der Waals surface area contributed by atoms with Crippen molar-refractivity contribution < 1.29 is 0 Å². The van der Waals surface area contributed by atoms with Crippen molar-refractivity contribution in [3.05, 3.63) is 34.9 Å².